The highest BCUT2D eigenvalue weighted by Gasteiger charge is 2.34. The highest BCUT2D eigenvalue weighted by atomic mass is 19.4. The molecule has 2 rings (SSSR count). The van der Waals surface area contributed by atoms with Crippen molar-refractivity contribution in [3.05, 3.63) is 29.8 Å². The van der Waals surface area contributed by atoms with Gasteiger partial charge in [-0.25, -0.2) is 4.79 Å². The van der Waals surface area contributed by atoms with Crippen LogP contribution in [0, 0.1) is 11.3 Å². The van der Waals surface area contributed by atoms with E-state index in [1.54, 1.807) is 0 Å². The molecule has 0 aliphatic heterocycles. The van der Waals surface area contributed by atoms with Gasteiger partial charge in [0.2, 0.25) is 0 Å². The Bertz CT molecular complexity index is 689. The minimum atomic E-state index is -4.82. The molecule has 0 heterocycles. The molecule has 1 aliphatic rings. The van der Waals surface area contributed by atoms with Crippen LogP contribution in [0.1, 0.15) is 42.5 Å². The van der Waals surface area contributed by atoms with Crippen molar-refractivity contribution in [3.63, 3.8) is 0 Å². The maximum absolute atomic E-state index is 12.1. The number of ether oxygens (including phenoxy) is 2. The summed E-state index contributed by atoms with van der Waals surface area (Å²) in [6, 6.07) is 6.25. The quantitative estimate of drug-likeness (QED) is 0.805. The predicted octanol–water partition coefficient (Wildman–Crippen LogP) is 3.08. The molecule has 140 valence electrons. The van der Waals surface area contributed by atoms with Crippen LogP contribution < -0.4 is 10.1 Å². The van der Waals surface area contributed by atoms with E-state index in [9.17, 15) is 28.0 Å². The minimum absolute atomic E-state index is 0.0278. The van der Waals surface area contributed by atoms with E-state index in [-0.39, 0.29) is 5.56 Å². The van der Waals surface area contributed by atoms with Crippen molar-refractivity contribution in [1.29, 1.82) is 5.26 Å². The van der Waals surface area contributed by atoms with Gasteiger partial charge in [-0.3, -0.25) is 4.79 Å². The third-order valence-electron chi connectivity index (χ3n) is 3.96. The average molecular weight is 370 g/mol. The zero-order valence-electron chi connectivity index (χ0n) is 13.8. The van der Waals surface area contributed by atoms with Gasteiger partial charge in [0.25, 0.3) is 5.91 Å². The Morgan fingerprint density at radius 2 is 1.77 bits per heavy atom. The summed E-state index contributed by atoms with van der Waals surface area (Å²) >= 11 is 0. The van der Waals surface area contributed by atoms with Crippen LogP contribution >= 0.6 is 0 Å². The third-order valence-corrected chi connectivity index (χ3v) is 3.96. The van der Waals surface area contributed by atoms with Gasteiger partial charge >= 0.3 is 12.3 Å². The van der Waals surface area contributed by atoms with E-state index in [0.717, 1.165) is 43.5 Å². The molecule has 0 saturated heterocycles. The first-order valence-electron chi connectivity index (χ1n) is 7.98. The topological polar surface area (TPSA) is 88.4 Å². The Balaban J connectivity index is 1.86. The van der Waals surface area contributed by atoms with Gasteiger partial charge in [-0.05, 0) is 37.1 Å². The summed E-state index contributed by atoms with van der Waals surface area (Å²) in [5.41, 5.74) is -0.960. The summed E-state index contributed by atoms with van der Waals surface area (Å²) in [4.78, 5) is 23.8. The molecular weight excluding hydrogens is 353 g/mol. The molecule has 0 atom stereocenters. The number of nitriles is 1. The van der Waals surface area contributed by atoms with Crippen molar-refractivity contribution in [2.24, 2.45) is 0 Å². The first-order valence-corrected chi connectivity index (χ1v) is 7.98. The lowest BCUT2D eigenvalue weighted by atomic mass is 9.83. The molecule has 0 unspecified atom stereocenters. The number of carbonyl (C=O) groups is 2. The largest absolute Gasteiger partial charge is 0.573 e. The van der Waals surface area contributed by atoms with Crippen molar-refractivity contribution in [1.82, 2.24) is 5.32 Å². The maximum Gasteiger partial charge on any atom is 0.573 e. The lowest BCUT2D eigenvalue weighted by Crippen LogP contribution is -2.50. The summed E-state index contributed by atoms with van der Waals surface area (Å²) in [5, 5.41) is 11.9. The molecule has 0 spiro atoms. The van der Waals surface area contributed by atoms with Crippen LogP contribution in [0.4, 0.5) is 13.2 Å². The zero-order valence-corrected chi connectivity index (χ0v) is 13.8. The van der Waals surface area contributed by atoms with Gasteiger partial charge < -0.3 is 14.8 Å². The number of halogens is 3. The SMILES string of the molecule is N#CC1(NC(=O)COC(=O)c2ccc(OC(F)(F)F)cc2)CCCCC1. The van der Waals surface area contributed by atoms with Crippen molar-refractivity contribution in [2.45, 2.75) is 44.0 Å². The Morgan fingerprint density at radius 3 is 2.31 bits per heavy atom. The van der Waals surface area contributed by atoms with Gasteiger partial charge in [-0.15, -0.1) is 13.2 Å². The highest BCUT2D eigenvalue weighted by Crippen LogP contribution is 2.27. The molecule has 1 saturated carbocycles. The summed E-state index contributed by atoms with van der Waals surface area (Å²) < 4.78 is 44.8. The Morgan fingerprint density at radius 1 is 1.15 bits per heavy atom. The van der Waals surface area contributed by atoms with Gasteiger partial charge in [0.15, 0.2) is 6.61 Å². The van der Waals surface area contributed by atoms with E-state index in [2.05, 4.69) is 16.1 Å². The number of amides is 1. The van der Waals surface area contributed by atoms with Crippen molar-refractivity contribution in [3.8, 4) is 11.8 Å². The maximum atomic E-state index is 12.1. The van der Waals surface area contributed by atoms with Crippen LogP contribution in [0.15, 0.2) is 24.3 Å². The van der Waals surface area contributed by atoms with Gasteiger partial charge in [-0.2, -0.15) is 5.26 Å². The van der Waals surface area contributed by atoms with Crippen molar-refractivity contribution in [2.75, 3.05) is 6.61 Å². The molecule has 0 aromatic heterocycles. The second kappa shape index (κ2) is 8.08. The molecule has 1 fully saturated rings. The number of hydrogen-bond donors (Lipinski definition) is 1. The van der Waals surface area contributed by atoms with E-state index in [1.807, 2.05) is 0 Å². The number of alkyl halides is 3. The lowest BCUT2D eigenvalue weighted by Gasteiger charge is -2.31. The molecule has 1 aromatic rings. The molecule has 6 nitrogen and oxygen atoms in total. The Hall–Kier alpha value is -2.76. The second-order valence-electron chi connectivity index (χ2n) is 5.95. The number of nitrogens with one attached hydrogen (secondary N) is 1. The molecule has 0 bridgehead atoms. The van der Waals surface area contributed by atoms with E-state index in [1.165, 1.54) is 0 Å². The number of esters is 1. The minimum Gasteiger partial charge on any atom is -0.452 e. The van der Waals surface area contributed by atoms with Crippen molar-refractivity contribution < 1.29 is 32.2 Å². The van der Waals surface area contributed by atoms with Gasteiger partial charge in [0.05, 0.1) is 11.6 Å². The number of rotatable bonds is 5. The number of hydrogen-bond acceptors (Lipinski definition) is 5. The van der Waals surface area contributed by atoms with E-state index in [0.29, 0.717) is 12.8 Å². The molecule has 1 N–H and O–H groups in total. The fourth-order valence-electron chi connectivity index (χ4n) is 2.73. The number of nitrogens with zero attached hydrogens (tertiary/aromatic N) is 1. The molecule has 1 aliphatic carbocycles. The van der Waals surface area contributed by atoms with E-state index < -0.39 is 36.1 Å². The Kier molecular flexibility index (Phi) is 6.08. The molecule has 1 aromatic carbocycles. The Labute approximate surface area is 147 Å². The first-order chi connectivity index (χ1) is 12.2. The smallest absolute Gasteiger partial charge is 0.452 e. The van der Waals surface area contributed by atoms with Crippen molar-refractivity contribution >= 4 is 11.9 Å². The van der Waals surface area contributed by atoms with Crippen LogP contribution in [0.5, 0.6) is 5.75 Å². The predicted molar refractivity (Wildman–Crippen MR) is 83.0 cm³/mol. The van der Waals surface area contributed by atoms with Crippen LogP contribution in [0.2, 0.25) is 0 Å². The summed E-state index contributed by atoms with van der Waals surface area (Å²) in [5.74, 6) is -1.94. The third kappa shape index (κ3) is 5.65. The highest BCUT2D eigenvalue weighted by molar-refractivity contribution is 5.91. The summed E-state index contributed by atoms with van der Waals surface area (Å²) in [6.07, 6.45) is -1.06. The summed E-state index contributed by atoms with van der Waals surface area (Å²) in [6.45, 7) is -0.580. The number of benzene rings is 1. The zero-order chi connectivity index (χ0) is 19.2. The van der Waals surface area contributed by atoms with Crippen LogP contribution in [0.3, 0.4) is 0 Å². The molecule has 1 amide bonds. The van der Waals surface area contributed by atoms with E-state index >= 15 is 0 Å². The van der Waals surface area contributed by atoms with Gasteiger partial charge in [0.1, 0.15) is 11.3 Å². The van der Waals surface area contributed by atoms with Crippen LogP contribution in [-0.2, 0) is 9.53 Å². The van der Waals surface area contributed by atoms with Crippen LogP contribution in [0.25, 0.3) is 0 Å². The molecule has 9 heteroatoms. The second-order valence-corrected chi connectivity index (χ2v) is 5.95. The van der Waals surface area contributed by atoms with Gasteiger partial charge in [0, 0.05) is 0 Å². The molecule has 0 radical (unpaired) electrons. The monoisotopic (exact) mass is 370 g/mol. The first kappa shape index (κ1) is 19.6. The standard InChI is InChI=1S/C17H17F3N2O4/c18-17(19,20)26-13-6-4-12(5-7-13)15(24)25-10-14(23)22-16(11-21)8-2-1-3-9-16/h4-7H,1-3,8-10H2,(H,22,23). The molecular formula is C17H17F3N2O4. The fourth-order valence-corrected chi connectivity index (χ4v) is 2.73. The van der Waals surface area contributed by atoms with Gasteiger partial charge in [-0.1, -0.05) is 19.3 Å². The summed E-state index contributed by atoms with van der Waals surface area (Å²) in [7, 11) is 0. The normalized spacial score (nSPS) is 16.2. The number of carbonyl (C=O) groups excluding carboxylic acids is 2. The van der Waals surface area contributed by atoms with E-state index in [4.69, 9.17) is 4.74 Å². The molecule has 26 heavy (non-hydrogen) atoms. The lowest BCUT2D eigenvalue weighted by molar-refractivity contribution is -0.274. The van der Waals surface area contributed by atoms with Crippen LogP contribution in [-0.4, -0.2) is 30.4 Å². The fraction of sp³-hybridized carbons (Fsp3) is 0.471. The average Bonchev–Trinajstić information content (AvgIpc) is 2.60.